The first kappa shape index (κ1) is 13.4. The molecular formula is C14H18F3N. The molecule has 100 valence electrons. The lowest BCUT2D eigenvalue weighted by molar-refractivity contribution is -0.140. The first-order valence-corrected chi connectivity index (χ1v) is 6.23. The Balaban J connectivity index is 2.02. The van der Waals surface area contributed by atoms with Crippen molar-refractivity contribution in [3.05, 3.63) is 35.9 Å². The molecule has 0 spiro atoms. The predicted molar refractivity (Wildman–Crippen MR) is 65.2 cm³/mol. The Labute approximate surface area is 105 Å². The molecule has 1 N–H and O–H groups in total. The molecule has 18 heavy (non-hydrogen) atoms. The molecule has 1 fully saturated rings. The minimum absolute atomic E-state index is 0.207. The van der Waals surface area contributed by atoms with E-state index in [2.05, 4.69) is 12.2 Å². The predicted octanol–water partition coefficient (Wildman–Crippen LogP) is 4.07. The molecule has 1 saturated carbocycles. The summed E-state index contributed by atoms with van der Waals surface area (Å²) in [6, 6.07) is 8.23. The van der Waals surface area contributed by atoms with Crippen molar-refractivity contribution in [1.29, 1.82) is 0 Å². The first-order chi connectivity index (χ1) is 8.38. The number of benzene rings is 1. The molecule has 0 radical (unpaired) electrons. The van der Waals surface area contributed by atoms with Crippen LogP contribution in [0.25, 0.3) is 0 Å². The Morgan fingerprint density at radius 2 is 1.83 bits per heavy atom. The molecule has 1 nitrogen and oxygen atoms in total. The van der Waals surface area contributed by atoms with Crippen molar-refractivity contribution in [1.82, 2.24) is 5.32 Å². The summed E-state index contributed by atoms with van der Waals surface area (Å²) in [5.74, 6) is 0. The van der Waals surface area contributed by atoms with Gasteiger partial charge in [0.2, 0.25) is 0 Å². The molecule has 1 aromatic carbocycles. The van der Waals surface area contributed by atoms with Crippen LogP contribution in [0.1, 0.15) is 37.8 Å². The van der Waals surface area contributed by atoms with Gasteiger partial charge in [0.25, 0.3) is 0 Å². The smallest absolute Gasteiger partial charge is 0.309 e. The summed E-state index contributed by atoms with van der Waals surface area (Å²) in [4.78, 5) is 0. The molecule has 1 atom stereocenters. The van der Waals surface area contributed by atoms with Gasteiger partial charge < -0.3 is 5.32 Å². The third-order valence-corrected chi connectivity index (χ3v) is 3.52. The minimum Gasteiger partial charge on any atom is -0.309 e. The lowest BCUT2D eigenvalue weighted by atomic mass is 10.0. The lowest BCUT2D eigenvalue weighted by Crippen LogP contribution is -2.30. The quantitative estimate of drug-likeness (QED) is 0.838. The Kier molecular flexibility index (Phi) is 3.66. The second-order valence-corrected chi connectivity index (χ2v) is 5.47. The van der Waals surface area contributed by atoms with E-state index < -0.39 is 18.6 Å². The fourth-order valence-corrected chi connectivity index (χ4v) is 1.98. The summed E-state index contributed by atoms with van der Waals surface area (Å²) in [7, 11) is 0. The van der Waals surface area contributed by atoms with E-state index in [4.69, 9.17) is 0 Å². The van der Waals surface area contributed by atoms with Gasteiger partial charge in [0.15, 0.2) is 0 Å². The molecule has 2 rings (SSSR count). The highest BCUT2D eigenvalue weighted by molar-refractivity contribution is 5.19. The normalized spacial score (nSPS) is 19.6. The second kappa shape index (κ2) is 4.92. The van der Waals surface area contributed by atoms with Gasteiger partial charge in [0.05, 0.1) is 6.42 Å². The summed E-state index contributed by atoms with van der Waals surface area (Å²) < 4.78 is 37.8. The monoisotopic (exact) mass is 257 g/mol. The molecule has 0 saturated heterocycles. The van der Waals surface area contributed by atoms with Crippen molar-refractivity contribution < 1.29 is 13.2 Å². The van der Waals surface area contributed by atoms with Crippen molar-refractivity contribution in [2.75, 3.05) is 6.54 Å². The average Bonchev–Trinajstić information content (AvgIpc) is 3.03. The minimum atomic E-state index is -4.14. The summed E-state index contributed by atoms with van der Waals surface area (Å²) in [6.45, 7) is 2.76. The summed E-state index contributed by atoms with van der Waals surface area (Å²) in [5, 5.41) is 3.08. The standard InChI is InChI=1S/C14H18F3N/c1-13(7-8-13)10-18-12(9-14(15,16)17)11-5-3-2-4-6-11/h2-6,12,18H,7-10H2,1H3. The largest absolute Gasteiger partial charge is 0.390 e. The third kappa shape index (κ3) is 4.02. The molecule has 0 heterocycles. The fraction of sp³-hybridized carbons (Fsp3) is 0.571. The molecule has 1 unspecified atom stereocenters. The van der Waals surface area contributed by atoms with Gasteiger partial charge >= 0.3 is 6.18 Å². The summed E-state index contributed by atoms with van der Waals surface area (Å²) in [6.07, 6.45) is -2.74. The number of hydrogen-bond donors (Lipinski definition) is 1. The molecule has 1 aliphatic rings. The zero-order valence-electron chi connectivity index (χ0n) is 10.4. The van der Waals surface area contributed by atoms with Crippen molar-refractivity contribution in [3.8, 4) is 0 Å². The molecule has 0 amide bonds. The van der Waals surface area contributed by atoms with Crippen LogP contribution < -0.4 is 5.32 Å². The maximum atomic E-state index is 12.6. The summed E-state index contributed by atoms with van der Waals surface area (Å²) >= 11 is 0. The van der Waals surface area contributed by atoms with E-state index in [0.717, 1.165) is 12.8 Å². The maximum absolute atomic E-state index is 12.6. The second-order valence-electron chi connectivity index (χ2n) is 5.47. The SMILES string of the molecule is CC1(CNC(CC(F)(F)F)c2ccccc2)CC1. The van der Waals surface area contributed by atoms with Gasteiger partial charge in [-0.15, -0.1) is 0 Å². The van der Waals surface area contributed by atoms with Crippen LogP contribution in [-0.4, -0.2) is 12.7 Å². The molecule has 0 aromatic heterocycles. The topological polar surface area (TPSA) is 12.0 Å². The van der Waals surface area contributed by atoms with Crippen molar-refractivity contribution >= 4 is 0 Å². The summed E-state index contributed by atoms with van der Waals surface area (Å²) in [5.41, 5.74) is 0.914. The molecular weight excluding hydrogens is 239 g/mol. The zero-order chi connectivity index (χ0) is 13.2. The third-order valence-electron chi connectivity index (χ3n) is 3.52. The molecule has 0 aliphatic heterocycles. The molecule has 1 aliphatic carbocycles. The highest BCUT2D eigenvalue weighted by Gasteiger charge is 2.39. The van der Waals surface area contributed by atoms with Gasteiger partial charge in [-0.3, -0.25) is 0 Å². The van der Waals surface area contributed by atoms with Gasteiger partial charge in [-0.1, -0.05) is 37.3 Å². The Hall–Kier alpha value is -1.03. The van der Waals surface area contributed by atoms with Crippen LogP contribution >= 0.6 is 0 Å². The van der Waals surface area contributed by atoms with Crippen LogP contribution in [0.4, 0.5) is 13.2 Å². The fourth-order valence-electron chi connectivity index (χ4n) is 1.98. The Morgan fingerprint density at radius 3 is 2.33 bits per heavy atom. The first-order valence-electron chi connectivity index (χ1n) is 6.23. The Morgan fingerprint density at radius 1 is 1.22 bits per heavy atom. The van der Waals surface area contributed by atoms with Crippen LogP contribution in [0.3, 0.4) is 0 Å². The highest BCUT2D eigenvalue weighted by Crippen LogP contribution is 2.44. The number of rotatable bonds is 5. The molecule has 0 bridgehead atoms. The molecule has 4 heteroatoms. The van der Waals surface area contributed by atoms with Crippen LogP contribution in [0.5, 0.6) is 0 Å². The van der Waals surface area contributed by atoms with Crippen molar-refractivity contribution in [2.45, 2.75) is 38.4 Å². The average molecular weight is 257 g/mol. The van der Waals surface area contributed by atoms with E-state index >= 15 is 0 Å². The van der Waals surface area contributed by atoms with Gasteiger partial charge in [-0.05, 0) is 23.8 Å². The van der Waals surface area contributed by atoms with Crippen molar-refractivity contribution in [2.24, 2.45) is 5.41 Å². The molecule has 1 aromatic rings. The highest BCUT2D eigenvalue weighted by atomic mass is 19.4. The van der Waals surface area contributed by atoms with Crippen LogP contribution in [0.15, 0.2) is 30.3 Å². The van der Waals surface area contributed by atoms with Crippen LogP contribution in [-0.2, 0) is 0 Å². The van der Waals surface area contributed by atoms with E-state index in [1.54, 1.807) is 24.3 Å². The van der Waals surface area contributed by atoms with E-state index in [0.29, 0.717) is 12.1 Å². The Bertz CT molecular complexity index is 382. The number of nitrogens with one attached hydrogen (secondary N) is 1. The number of halogens is 3. The van der Waals surface area contributed by atoms with Gasteiger partial charge in [0, 0.05) is 12.6 Å². The number of alkyl halides is 3. The van der Waals surface area contributed by atoms with Gasteiger partial charge in [-0.2, -0.15) is 13.2 Å². The van der Waals surface area contributed by atoms with Crippen LogP contribution in [0.2, 0.25) is 0 Å². The van der Waals surface area contributed by atoms with Crippen molar-refractivity contribution in [3.63, 3.8) is 0 Å². The van der Waals surface area contributed by atoms with E-state index in [-0.39, 0.29) is 5.41 Å². The van der Waals surface area contributed by atoms with Crippen LogP contribution in [0, 0.1) is 5.41 Å². The maximum Gasteiger partial charge on any atom is 0.390 e. The van der Waals surface area contributed by atoms with E-state index in [9.17, 15) is 13.2 Å². The number of hydrogen-bond acceptors (Lipinski definition) is 1. The van der Waals surface area contributed by atoms with E-state index in [1.807, 2.05) is 6.07 Å². The van der Waals surface area contributed by atoms with E-state index in [1.165, 1.54) is 0 Å². The van der Waals surface area contributed by atoms with Gasteiger partial charge in [0.1, 0.15) is 0 Å². The van der Waals surface area contributed by atoms with Gasteiger partial charge in [-0.25, -0.2) is 0 Å². The zero-order valence-corrected chi connectivity index (χ0v) is 10.4. The lowest BCUT2D eigenvalue weighted by Gasteiger charge is -2.22.